The summed E-state index contributed by atoms with van der Waals surface area (Å²) in [5.41, 5.74) is 0.817. The first kappa shape index (κ1) is 22.8. The van der Waals surface area contributed by atoms with Crippen molar-refractivity contribution in [2.24, 2.45) is 0 Å². The Morgan fingerprint density at radius 2 is 1.87 bits per heavy atom. The molecule has 160 valence electrons. The molecule has 0 spiro atoms. The molecule has 1 aromatic carbocycles. The van der Waals surface area contributed by atoms with Crippen LogP contribution in [0, 0.1) is 0 Å². The third-order valence-corrected chi connectivity index (χ3v) is 8.68. The van der Waals surface area contributed by atoms with Crippen LogP contribution < -0.4 is 0 Å². The van der Waals surface area contributed by atoms with E-state index in [0.717, 1.165) is 11.3 Å². The molecule has 0 atom stereocenters. The van der Waals surface area contributed by atoms with Crippen LogP contribution in [-0.4, -0.2) is 62.8 Å². The van der Waals surface area contributed by atoms with Gasteiger partial charge >= 0.3 is 5.97 Å². The Balaban J connectivity index is 1.63. The molecule has 3 rings (SSSR count). The highest BCUT2D eigenvalue weighted by atomic mass is 35.5. The van der Waals surface area contributed by atoms with E-state index < -0.39 is 16.0 Å². The SMILES string of the molecule is COC(=O)c1csc(S(=O)(=O)N2CCN(C(=O)/C=C/c3cccc(Cl)c3Cl)CC2)c1. The Hall–Kier alpha value is -1.91. The molecule has 1 fully saturated rings. The van der Waals surface area contributed by atoms with E-state index in [1.54, 1.807) is 29.2 Å². The maximum atomic E-state index is 12.8. The van der Waals surface area contributed by atoms with E-state index in [4.69, 9.17) is 23.2 Å². The minimum absolute atomic E-state index is 0.0678. The fourth-order valence-corrected chi connectivity index (χ4v) is 5.96. The molecular weight excluding hydrogens is 471 g/mol. The third kappa shape index (κ3) is 4.87. The van der Waals surface area contributed by atoms with Crippen LogP contribution in [0.5, 0.6) is 0 Å². The van der Waals surface area contributed by atoms with Crippen molar-refractivity contribution in [3.05, 3.63) is 56.9 Å². The summed E-state index contributed by atoms with van der Waals surface area (Å²) in [5, 5.41) is 2.21. The van der Waals surface area contributed by atoms with E-state index in [0.29, 0.717) is 15.6 Å². The van der Waals surface area contributed by atoms with Gasteiger partial charge in [0, 0.05) is 37.6 Å². The lowest BCUT2D eigenvalue weighted by atomic mass is 10.2. The van der Waals surface area contributed by atoms with E-state index in [-0.39, 0.29) is 41.9 Å². The van der Waals surface area contributed by atoms with Gasteiger partial charge in [0.05, 0.1) is 22.7 Å². The number of sulfonamides is 1. The lowest BCUT2D eigenvalue weighted by Gasteiger charge is -2.33. The number of carbonyl (C=O) groups is 2. The van der Waals surface area contributed by atoms with Crippen molar-refractivity contribution >= 4 is 62.5 Å². The van der Waals surface area contributed by atoms with E-state index >= 15 is 0 Å². The number of ether oxygens (including phenoxy) is 1. The summed E-state index contributed by atoms with van der Waals surface area (Å²) in [6.07, 6.45) is 2.98. The number of methoxy groups -OCH3 is 1. The van der Waals surface area contributed by atoms with Crippen molar-refractivity contribution in [2.45, 2.75) is 4.21 Å². The summed E-state index contributed by atoms with van der Waals surface area (Å²) in [5.74, 6) is -0.832. The highest BCUT2D eigenvalue weighted by molar-refractivity contribution is 7.91. The Morgan fingerprint density at radius 1 is 1.17 bits per heavy atom. The van der Waals surface area contributed by atoms with Gasteiger partial charge in [0.2, 0.25) is 5.91 Å². The van der Waals surface area contributed by atoms with E-state index in [1.807, 2.05) is 0 Å². The van der Waals surface area contributed by atoms with Gasteiger partial charge in [-0.25, -0.2) is 13.2 Å². The zero-order valence-electron chi connectivity index (χ0n) is 15.9. The monoisotopic (exact) mass is 488 g/mol. The third-order valence-electron chi connectivity index (χ3n) is 4.53. The normalized spacial score (nSPS) is 15.5. The largest absolute Gasteiger partial charge is 0.465 e. The summed E-state index contributed by atoms with van der Waals surface area (Å²) in [6.45, 7) is 0.818. The van der Waals surface area contributed by atoms with Gasteiger partial charge in [0.1, 0.15) is 4.21 Å². The van der Waals surface area contributed by atoms with Crippen LogP contribution in [-0.2, 0) is 19.6 Å². The van der Waals surface area contributed by atoms with Crippen LogP contribution in [0.3, 0.4) is 0 Å². The topological polar surface area (TPSA) is 84.0 Å². The Morgan fingerprint density at radius 3 is 2.53 bits per heavy atom. The highest BCUT2D eigenvalue weighted by Crippen LogP contribution is 2.27. The summed E-state index contributed by atoms with van der Waals surface area (Å²) in [7, 11) is -2.51. The Bertz CT molecular complexity index is 1090. The zero-order chi connectivity index (χ0) is 21.9. The van der Waals surface area contributed by atoms with Gasteiger partial charge < -0.3 is 9.64 Å². The Kier molecular flexibility index (Phi) is 7.20. The zero-order valence-corrected chi connectivity index (χ0v) is 19.0. The number of benzene rings is 1. The number of nitrogens with zero attached hydrogens (tertiary/aromatic N) is 2. The van der Waals surface area contributed by atoms with E-state index in [9.17, 15) is 18.0 Å². The maximum Gasteiger partial charge on any atom is 0.338 e. The molecule has 1 aliphatic heterocycles. The van der Waals surface area contributed by atoms with Crippen LogP contribution in [0.15, 0.2) is 39.9 Å². The first-order valence-electron chi connectivity index (χ1n) is 8.82. The van der Waals surface area contributed by atoms with Crippen LogP contribution in [0.4, 0.5) is 0 Å². The first-order valence-corrected chi connectivity index (χ1v) is 11.9. The molecule has 1 aromatic heterocycles. The molecule has 1 saturated heterocycles. The second-order valence-electron chi connectivity index (χ2n) is 6.35. The minimum Gasteiger partial charge on any atom is -0.465 e. The van der Waals surface area contributed by atoms with E-state index in [2.05, 4.69) is 4.74 Å². The number of rotatable bonds is 5. The van der Waals surface area contributed by atoms with Crippen LogP contribution >= 0.6 is 34.5 Å². The minimum atomic E-state index is -3.74. The molecule has 0 aliphatic carbocycles. The van der Waals surface area contributed by atoms with Crippen molar-refractivity contribution in [1.29, 1.82) is 0 Å². The summed E-state index contributed by atoms with van der Waals surface area (Å²) in [6, 6.07) is 6.44. The van der Waals surface area contributed by atoms with Crippen LogP contribution in [0.25, 0.3) is 6.08 Å². The maximum absolute atomic E-state index is 12.8. The molecule has 30 heavy (non-hydrogen) atoms. The molecular formula is C19H18Cl2N2O5S2. The number of hydrogen-bond acceptors (Lipinski definition) is 6. The van der Waals surface area contributed by atoms with Crippen LogP contribution in [0.1, 0.15) is 15.9 Å². The predicted molar refractivity (Wildman–Crippen MR) is 116 cm³/mol. The quantitative estimate of drug-likeness (QED) is 0.475. The number of carbonyl (C=O) groups excluding carboxylic acids is 2. The summed E-state index contributed by atoms with van der Waals surface area (Å²) < 4.78 is 31.6. The smallest absolute Gasteiger partial charge is 0.338 e. The Labute approximate surface area is 188 Å². The van der Waals surface area contributed by atoms with Crippen molar-refractivity contribution in [3.63, 3.8) is 0 Å². The van der Waals surface area contributed by atoms with Gasteiger partial charge in [0.15, 0.2) is 0 Å². The highest BCUT2D eigenvalue weighted by Gasteiger charge is 2.31. The van der Waals surface area contributed by atoms with Crippen molar-refractivity contribution < 1.29 is 22.7 Å². The molecule has 1 amide bonds. The van der Waals surface area contributed by atoms with Gasteiger partial charge in [-0.15, -0.1) is 11.3 Å². The average Bonchev–Trinajstić information content (AvgIpc) is 3.25. The fourth-order valence-electron chi connectivity index (χ4n) is 2.87. The van der Waals surface area contributed by atoms with Gasteiger partial charge in [-0.05, 0) is 23.8 Å². The molecule has 0 saturated carbocycles. The fraction of sp³-hybridized carbons (Fsp3) is 0.263. The van der Waals surface area contributed by atoms with Gasteiger partial charge in [-0.1, -0.05) is 35.3 Å². The number of esters is 1. The molecule has 11 heteroatoms. The number of thiophene rings is 1. The molecule has 7 nitrogen and oxygen atoms in total. The number of amides is 1. The van der Waals surface area contributed by atoms with Crippen molar-refractivity contribution in [3.8, 4) is 0 Å². The first-order chi connectivity index (χ1) is 14.2. The molecule has 1 aliphatic rings. The number of piperazine rings is 1. The second-order valence-corrected chi connectivity index (χ2v) is 10.2. The van der Waals surface area contributed by atoms with E-state index in [1.165, 1.54) is 28.9 Å². The molecule has 0 unspecified atom stereocenters. The van der Waals surface area contributed by atoms with Crippen molar-refractivity contribution in [2.75, 3.05) is 33.3 Å². The lowest BCUT2D eigenvalue weighted by molar-refractivity contribution is -0.127. The number of hydrogen-bond donors (Lipinski definition) is 0. The molecule has 2 aromatic rings. The second kappa shape index (κ2) is 9.49. The van der Waals surface area contributed by atoms with Crippen LogP contribution in [0.2, 0.25) is 10.0 Å². The van der Waals surface area contributed by atoms with Crippen molar-refractivity contribution in [1.82, 2.24) is 9.21 Å². The predicted octanol–water partition coefficient (Wildman–Crippen LogP) is 3.39. The standard InChI is InChI=1S/C19H18Cl2N2O5S2/c1-28-19(25)14-11-17(29-12-14)30(26,27)23-9-7-22(8-10-23)16(24)6-5-13-3-2-4-15(20)18(13)21/h2-6,11-12H,7-10H2,1H3/b6-5+. The average molecular weight is 489 g/mol. The lowest BCUT2D eigenvalue weighted by Crippen LogP contribution is -2.50. The summed E-state index contributed by atoms with van der Waals surface area (Å²) >= 11 is 13.0. The molecule has 0 bridgehead atoms. The van der Waals surface area contributed by atoms with Gasteiger partial charge in [0.25, 0.3) is 10.0 Å². The molecule has 0 radical (unpaired) electrons. The number of halogens is 2. The molecule has 2 heterocycles. The molecule has 0 N–H and O–H groups in total. The summed E-state index contributed by atoms with van der Waals surface area (Å²) in [4.78, 5) is 25.6. The van der Waals surface area contributed by atoms with Gasteiger partial charge in [-0.3, -0.25) is 4.79 Å². The van der Waals surface area contributed by atoms with Gasteiger partial charge in [-0.2, -0.15) is 4.31 Å².